The van der Waals surface area contributed by atoms with Gasteiger partial charge in [0.25, 0.3) is 5.82 Å². The lowest BCUT2D eigenvalue weighted by molar-refractivity contribution is 0.763. The number of aromatic nitrogens is 5. The molecule has 0 aliphatic heterocycles. The summed E-state index contributed by atoms with van der Waals surface area (Å²) < 4.78 is 3.55. The van der Waals surface area contributed by atoms with Gasteiger partial charge in [-0.15, -0.1) is 4.52 Å². The molecule has 3 aromatic heterocycles. The first-order valence-corrected chi connectivity index (χ1v) is 5.56. The third-order valence-corrected chi connectivity index (χ3v) is 2.77. The van der Waals surface area contributed by atoms with Crippen LogP contribution in [0.3, 0.4) is 0 Å². The largest absolute Gasteiger partial charge is 0.360 e. The molecule has 0 aliphatic rings. The Morgan fingerprint density at radius 1 is 1.33 bits per heavy atom. The Morgan fingerprint density at radius 2 is 2.22 bits per heavy atom. The lowest BCUT2D eigenvalue weighted by atomic mass is 10.3. The number of hydrogen-bond acceptors (Lipinski definition) is 3. The molecule has 0 saturated carbocycles. The highest BCUT2D eigenvalue weighted by Crippen LogP contribution is 2.19. The van der Waals surface area contributed by atoms with Gasteiger partial charge >= 0.3 is 0 Å². The molecule has 6 heteroatoms. The predicted molar refractivity (Wildman–Crippen MR) is 66.1 cm³/mol. The summed E-state index contributed by atoms with van der Waals surface area (Å²) in [6, 6.07) is 3.74. The fourth-order valence-electron chi connectivity index (χ4n) is 1.86. The molecule has 3 aromatic rings. The molecule has 0 unspecified atom stereocenters. The van der Waals surface area contributed by atoms with Crippen LogP contribution in [-0.4, -0.2) is 24.1 Å². The molecule has 0 aliphatic carbocycles. The Morgan fingerprint density at radius 3 is 3.00 bits per heavy atom. The second-order valence-electron chi connectivity index (χ2n) is 3.78. The van der Waals surface area contributed by atoms with Crippen molar-refractivity contribution < 1.29 is 0 Å². The molecule has 3 rings (SSSR count). The van der Waals surface area contributed by atoms with Crippen LogP contribution in [0.5, 0.6) is 0 Å². The van der Waals surface area contributed by atoms with Gasteiger partial charge in [0.2, 0.25) is 5.65 Å². The SMILES string of the molecule is [C-]#[N+]c1cnc2ccc(-c3cncn3CC)nn12. The van der Waals surface area contributed by atoms with Gasteiger partial charge in [0.05, 0.1) is 24.4 Å². The Labute approximate surface area is 103 Å². The monoisotopic (exact) mass is 238 g/mol. The first-order chi connectivity index (χ1) is 8.83. The molecular weight excluding hydrogens is 228 g/mol. The van der Waals surface area contributed by atoms with Gasteiger partial charge in [-0.05, 0) is 13.0 Å². The van der Waals surface area contributed by atoms with Crippen molar-refractivity contribution >= 4 is 11.5 Å². The smallest absolute Gasteiger partial charge is 0.275 e. The van der Waals surface area contributed by atoms with Gasteiger partial charge in [0, 0.05) is 12.6 Å². The normalized spacial score (nSPS) is 10.7. The Kier molecular flexibility index (Phi) is 2.31. The van der Waals surface area contributed by atoms with E-state index in [2.05, 4.69) is 19.9 Å². The van der Waals surface area contributed by atoms with E-state index in [4.69, 9.17) is 6.57 Å². The third-order valence-electron chi connectivity index (χ3n) is 2.77. The van der Waals surface area contributed by atoms with Gasteiger partial charge in [0.1, 0.15) is 5.69 Å². The van der Waals surface area contributed by atoms with Crippen LogP contribution in [0.1, 0.15) is 6.92 Å². The van der Waals surface area contributed by atoms with Crippen LogP contribution >= 0.6 is 0 Å². The predicted octanol–water partition coefficient (Wildman–Crippen LogP) is 2.16. The average molecular weight is 238 g/mol. The van der Waals surface area contributed by atoms with E-state index in [1.807, 2.05) is 23.6 Å². The summed E-state index contributed by atoms with van der Waals surface area (Å²) in [6.07, 6.45) is 5.06. The van der Waals surface area contributed by atoms with E-state index in [0.717, 1.165) is 17.9 Å². The van der Waals surface area contributed by atoms with Crippen molar-refractivity contribution in [3.05, 3.63) is 42.3 Å². The minimum atomic E-state index is 0.411. The van der Waals surface area contributed by atoms with E-state index in [0.29, 0.717) is 11.5 Å². The van der Waals surface area contributed by atoms with E-state index >= 15 is 0 Å². The number of hydrogen-bond donors (Lipinski definition) is 0. The highest BCUT2D eigenvalue weighted by atomic mass is 15.3. The molecule has 0 atom stereocenters. The summed E-state index contributed by atoms with van der Waals surface area (Å²) in [4.78, 5) is 11.6. The molecule has 0 radical (unpaired) electrons. The van der Waals surface area contributed by atoms with Crippen LogP contribution in [-0.2, 0) is 6.54 Å². The lowest BCUT2D eigenvalue weighted by Crippen LogP contribution is -1.99. The first kappa shape index (κ1) is 10.5. The summed E-state index contributed by atoms with van der Waals surface area (Å²) in [5.41, 5.74) is 2.39. The van der Waals surface area contributed by atoms with Crippen molar-refractivity contribution in [1.82, 2.24) is 24.1 Å². The van der Waals surface area contributed by atoms with Crippen molar-refractivity contribution in [2.45, 2.75) is 13.5 Å². The van der Waals surface area contributed by atoms with E-state index < -0.39 is 0 Å². The molecule has 0 N–H and O–H groups in total. The quantitative estimate of drug-likeness (QED) is 0.643. The fourth-order valence-corrected chi connectivity index (χ4v) is 1.86. The molecule has 88 valence electrons. The number of rotatable bonds is 2. The molecule has 0 aromatic carbocycles. The lowest BCUT2D eigenvalue weighted by Gasteiger charge is -2.03. The van der Waals surface area contributed by atoms with Crippen molar-refractivity contribution in [2.75, 3.05) is 0 Å². The minimum Gasteiger partial charge on any atom is -0.360 e. The zero-order valence-electron chi connectivity index (χ0n) is 9.78. The van der Waals surface area contributed by atoms with Gasteiger partial charge in [0.15, 0.2) is 0 Å². The number of nitrogens with zero attached hydrogens (tertiary/aromatic N) is 6. The average Bonchev–Trinajstić information content (AvgIpc) is 3.03. The number of aryl methyl sites for hydroxylation is 1. The van der Waals surface area contributed by atoms with E-state index in [-0.39, 0.29) is 0 Å². The molecule has 0 saturated heterocycles. The molecule has 0 amide bonds. The van der Waals surface area contributed by atoms with Gasteiger partial charge in [-0.1, -0.05) is 11.7 Å². The van der Waals surface area contributed by atoms with E-state index in [1.54, 1.807) is 17.0 Å². The first-order valence-electron chi connectivity index (χ1n) is 5.56. The standard InChI is InChI=1S/C12H10N6/c1-3-17-8-14-6-10(17)9-4-5-11-15-7-12(13-2)18(11)16-9/h4-8H,3H2,1H3. The highest BCUT2D eigenvalue weighted by molar-refractivity contribution is 5.58. The number of fused-ring (bicyclic) bond motifs is 1. The Bertz CT molecular complexity index is 745. The molecule has 0 spiro atoms. The summed E-state index contributed by atoms with van der Waals surface area (Å²) in [6.45, 7) is 9.95. The molecule has 18 heavy (non-hydrogen) atoms. The summed E-state index contributed by atoms with van der Waals surface area (Å²) in [5.74, 6) is 0.411. The van der Waals surface area contributed by atoms with Crippen LogP contribution in [0.15, 0.2) is 30.9 Å². The molecule has 3 heterocycles. The third kappa shape index (κ3) is 1.45. The summed E-state index contributed by atoms with van der Waals surface area (Å²) in [7, 11) is 0. The van der Waals surface area contributed by atoms with Crippen molar-refractivity contribution in [2.24, 2.45) is 0 Å². The second kappa shape index (κ2) is 3.96. The van der Waals surface area contributed by atoms with Gasteiger partial charge in [-0.25, -0.2) is 9.97 Å². The van der Waals surface area contributed by atoms with Crippen molar-refractivity contribution in [3.63, 3.8) is 0 Å². The van der Waals surface area contributed by atoms with Gasteiger partial charge in [-0.3, -0.25) is 0 Å². The molecule has 6 nitrogen and oxygen atoms in total. The highest BCUT2D eigenvalue weighted by Gasteiger charge is 2.11. The molecule has 0 bridgehead atoms. The van der Waals surface area contributed by atoms with Gasteiger partial charge < -0.3 is 9.41 Å². The van der Waals surface area contributed by atoms with E-state index in [9.17, 15) is 0 Å². The summed E-state index contributed by atoms with van der Waals surface area (Å²) in [5, 5.41) is 4.44. The van der Waals surface area contributed by atoms with Crippen molar-refractivity contribution in [1.29, 1.82) is 0 Å². The Hall–Kier alpha value is -2.68. The van der Waals surface area contributed by atoms with Crippen LogP contribution in [0.25, 0.3) is 21.9 Å². The zero-order chi connectivity index (χ0) is 12.5. The second-order valence-corrected chi connectivity index (χ2v) is 3.78. The fraction of sp³-hybridized carbons (Fsp3) is 0.167. The van der Waals surface area contributed by atoms with Crippen LogP contribution in [0, 0.1) is 6.57 Å². The van der Waals surface area contributed by atoms with Crippen molar-refractivity contribution in [3.8, 4) is 11.4 Å². The number of imidazole rings is 2. The topological polar surface area (TPSA) is 52.4 Å². The van der Waals surface area contributed by atoms with Crippen LogP contribution in [0.2, 0.25) is 0 Å². The minimum absolute atomic E-state index is 0.411. The maximum atomic E-state index is 7.07. The zero-order valence-corrected chi connectivity index (χ0v) is 9.78. The van der Waals surface area contributed by atoms with Crippen LogP contribution < -0.4 is 0 Å². The molecular formula is C12H10N6. The maximum Gasteiger partial charge on any atom is 0.275 e. The molecule has 0 fully saturated rings. The van der Waals surface area contributed by atoms with Gasteiger partial charge in [-0.2, -0.15) is 0 Å². The Balaban J connectivity index is 2.22. The van der Waals surface area contributed by atoms with E-state index in [1.165, 1.54) is 6.20 Å². The summed E-state index contributed by atoms with van der Waals surface area (Å²) >= 11 is 0. The van der Waals surface area contributed by atoms with Crippen LogP contribution in [0.4, 0.5) is 5.82 Å². The maximum absolute atomic E-state index is 7.07.